The number of carbonyl (C=O) groups excluding carboxylic acids is 1. The first-order chi connectivity index (χ1) is 9.93. The summed E-state index contributed by atoms with van der Waals surface area (Å²) in [7, 11) is 1.44. The van der Waals surface area contributed by atoms with Crippen LogP contribution in [0.3, 0.4) is 0 Å². The third kappa shape index (κ3) is 3.97. The molecule has 6 nitrogen and oxygen atoms in total. The Kier molecular flexibility index (Phi) is 5.27. The van der Waals surface area contributed by atoms with Gasteiger partial charge in [-0.3, -0.25) is 9.89 Å². The summed E-state index contributed by atoms with van der Waals surface area (Å²) in [6.45, 7) is 2.46. The van der Waals surface area contributed by atoms with E-state index in [4.69, 9.17) is 10.7 Å². The highest BCUT2D eigenvalue weighted by Crippen LogP contribution is 2.25. The van der Waals surface area contributed by atoms with Crippen molar-refractivity contribution in [3.8, 4) is 0 Å². The number of hydrogen-bond donors (Lipinski definition) is 2. The van der Waals surface area contributed by atoms with Gasteiger partial charge in [0, 0.05) is 17.2 Å². The molecule has 2 N–H and O–H groups in total. The summed E-state index contributed by atoms with van der Waals surface area (Å²) in [5, 5.41) is 9.23. The van der Waals surface area contributed by atoms with E-state index in [-0.39, 0.29) is 10.6 Å². The van der Waals surface area contributed by atoms with Gasteiger partial charge in [-0.2, -0.15) is 5.10 Å². The summed E-state index contributed by atoms with van der Waals surface area (Å²) in [4.78, 5) is 12.0. The van der Waals surface area contributed by atoms with Gasteiger partial charge in [-0.05, 0) is 25.2 Å². The summed E-state index contributed by atoms with van der Waals surface area (Å²) in [6, 6.07) is 0. The Balaban J connectivity index is 2.16. The van der Waals surface area contributed by atoms with Crippen LogP contribution in [0.4, 0.5) is 0 Å². The highest BCUT2D eigenvalue weighted by molar-refractivity contribution is 8.13. The minimum Gasteiger partial charge on any atom is -0.350 e. The molecule has 1 saturated carbocycles. The van der Waals surface area contributed by atoms with Crippen LogP contribution < -0.4 is 5.32 Å². The Hall–Kier alpha value is -1.08. The number of halogens is 1. The monoisotopic (exact) mass is 333 g/mol. The summed E-state index contributed by atoms with van der Waals surface area (Å²) in [5.74, 6) is -0.0150. The van der Waals surface area contributed by atoms with Gasteiger partial charge in [-0.1, -0.05) is 26.2 Å². The molecule has 0 saturated heterocycles. The first kappa shape index (κ1) is 16.3. The smallest absolute Gasteiger partial charge is 0.273 e. The molecule has 1 amide bonds. The van der Waals surface area contributed by atoms with Crippen molar-refractivity contribution in [2.75, 3.05) is 6.54 Å². The normalized spacial score (nSPS) is 16.3. The molecule has 1 aromatic heterocycles. The van der Waals surface area contributed by atoms with Crippen molar-refractivity contribution in [1.82, 2.24) is 15.5 Å². The molecule has 0 atom stereocenters. The Morgan fingerprint density at radius 3 is 2.67 bits per heavy atom. The minimum absolute atomic E-state index is 0.133. The first-order valence-electron chi connectivity index (χ1n) is 7.23. The van der Waals surface area contributed by atoms with Crippen molar-refractivity contribution in [2.45, 2.75) is 50.3 Å². The zero-order valence-electron chi connectivity index (χ0n) is 12.0. The third-order valence-electron chi connectivity index (χ3n) is 3.78. The molecular weight excluding hydrogens is 314 g/mol. The quantitative estimate of drug-likeness (QED) is 0.781. The van der Waals surface area contributed by atoms with Crippen molar-refractivity contribution < 1.29 is 13.2 Å². The molecule has 1 fully saturated rings. The number of rotatable bonds is 6. The molecule has 0 aromatic carbocycles. The number of amides is 1. The second-order valence-electron chi connectivity index (χ2n) is 5.43. The van der Waals surface area contributed by atoms with Gasteiger partial charge in [0.25, 0.3) is 15.0 Å². The summed E-state index contributed by atoms with van der Waals surface area (Å²) in [5.41, 5.74) is 0.255. The fraction of sp³-hybridized carbons (Fsp3) is 0.692. The SMILES string of the molecule is CCCc1[nH]nc(C(=O)NCC2CCCC2)c1S(=O)(=O)Cl. The van der Waals surface area contributed by atoms with Crippen LogP contribution in [0.1, 0.15) is 55.2 Å². The number of aryl methyl sites for hydroxylation is 1. The van der Waals surface area contributed by atoms with Crippen LogP contribution in [0.5, 0.6) is 0 Å². The first-order valence-corrected chi connectivity index (χ1v) is 9.54. The summed E-state index contributed by atoms with van der Waals surface area (Å²) >= 11 is 0. The number of nitrogens with one attached hydrogen (secondary N) is 2. The molecule has 0 spiro atoms. The standard InChI is InChI=1S/C13H20ClN3O3S/c1-2-5-10-12(21(14,19)20)11(17-16-10)13(18)15-8-9-6-3-4-7-9/h9H,2-8H2,1H3,(H,15,18)(H,16,17). The molecule has 21 heavy (non-hydrogen) atoms. The predicted molar refractivity (Wildman–Crippen MR) is 79.9 cm³/mol. The largest absolute Gasteiger partial charge is 0.350 e. The fourth-order valence-electron chi connectivity index (χ4n) is 2.74. The molecule has 0 aliphatic heterocycles. The maximum atomic E-state index is 12.2. The molecule has 0 unspecified atom stereocenters. The molecule has 0 bridgehead atoms. The lowest BCUT2D eigenvalue weighted by Crippen LogP contribution is -2.29. The van der Waals surface area contributed by atoms with Crippen molar-refractivity contribution in [2.24, 2.45) is 5.92 Å². The summed E-state index contributed by atoms with van der Waals surface area (Å²) < 4.78 is 23.4. The number of hydrogen-bond acceptors (Lipinski definition) is 4. The third-order valence-corrected chi connectivity index (χ3v) is 5.17. The van der Waals surface area contributed by atoms with Gasteiger partial charge >= 0.3 is 0 Å². The van der Waals surface area contributed by atoms with Gasteiger partial charge < -0.3 is 5.32 Å². The average molecular weight is 334 g/mol. The topological polar surface area (TPSA) is 91.9 Å². The van der Waals surface area contributed by atoms with Crippen LogP contribution in [-0.4, -0.2) is 31.1 Å². The molecule has 2 rings (SSSR count). The lowest BCUT2D eigenvalue weighted by Gasteiger charge is -2.09. The average Bonchev–Trinajstić information content (AvgIpc) is 3.04. The highest BCUT2D eigenvalue weighted by Gasteiger charge is 2.28. The van der Waals surface area contributed by atoms with Crippen molar-refractivity contribution >= 4 is 25.6 Å². The van der Waals surface area contributed by atoms with Crippen molar-refractivity contribution in [3.63, 3.8) is 0 Å². The highest BCUT2D eigenvalue weighted by atomic mass is 35.7. The number of aromatic nitrogens is 2. The number of aromatic amines is 1. The van der Waals surface area contributed by atoms with E-state index in [1.54, 1.807) is 0 Å². The van der Waals surface area contributed by atoms with E-state index in [1.807, 2.05) is 6.92 Å². The van der Waals surface area contributed by atoms with Crippen LogP contribution in [0, 0.1) is 5.92 Å². The Morgan fingerprint density at radius 2 is 2.10 bits per heavy atom. The molecule has 118 valence electrons. The maximum absolute atomic E-state index is 12.2. The molecule has 1 aliphatic carbocycles. The Labute approximate surface area is 129 Å². The van der Waals surface area contributed by atoms with E-state index >= 15 is 0 Å². The van der Waals surface area contributed by atoms with E-state index < -0.39 is 15.0 Å². The van der Waals surface area contributed by atoms with Crippen LogP contribution >= 0.6 is 10.7 Å². The van der Waals surface area contributed by atoms with E-state index in [1.165, 1.54) is 12.8 Å². The number of nitrogens with zero attached hydrogens (tertiary/aromatic N) is 1. The van der Waals surface area contributed by atoms with Gasteiger partial charge in [0.2, 0.25) is 0 Å². The van der Waals surface area contributed by atoms with Crippen LogP contribution in [0.15, 0.2) is 4.90 Å². The number of carbonyl (C=O) groups is 1. The molecule has 1 aromatic rings. The van der Waals surface area contributed by atoms with Crippen LogP contribution in [0.25, 0.3) is 0 Å². The van der Waals surface area contributed by atoms with E-state index in [0.717, 1.165) is 19.3 Å². The lowest BCUT2D eigenvalue weighted by molar-refractivity contribution is 0.0939. The lowest BCUT2D eigenvalue weighted by atomic mass is 10.1. The molecule has 1 heterocycles. The van der Waals surface area contributed by atoms with E-state index in [9.17, 15) is 13.2 Å². The maximum Gasteiger partial charge on any atom is 0.273 e. The van der Waals surface area contributed by atoms with E-state index in [2.05, 4.69) is 15.5 Å². The molecule has 1 aliphatic rings. The zero-order valence-corrected chi connectivity index (χ0v) is 13.6. The van der Waals surface area contributed by atoms with Crippen LogP contribution in [0.2, 0.25) is 0 Å². The van der Waals surface area contributed by atoms with Crippen LogP contribution in [-0.2, 0) is 15.5 Å². The van der Waals surface area contributed by atoms with Gasteiger partial charge in [0.05, 0.1) is 5.69 Å². The Morgan fingerprint density at radius 1 is 1.43 bits per heavy atom. The fourth-order valence-corrected chi connectivity index (χ4v) is 4.05. The second kappa shape index (κ2) is 6.79. The van der Waals surface area contributed by atoms with Gasteiger partial charge in [-0.25, -0.2) is 8.42 Å². The molecule has 0 radical (unpaired) electrons. The van der Waals surface area contributed by atoms with Gasteiger partial charge in [0.1, 0.15) is 4.90 Å². The molecule has 8 heteroatoms. The summed E-state index contributed by atoms with van der Waals surface area (Å²) in [6.07, 6.45) is 5.77. The predicted octanol–water partition coefficient (Wildman–Crippen LogP) is 2.21. The zero-order chi connectivity index (χ0) is 15.5. The van der Waals surface area contributed by atoms with E-state index in [0.29, 0.717) is 24.6 Å². The molecular formula is C13H20ClN3O3S. The Bertz CT molecular complexity index is 606. The second-order valence-corrected chi connectivity index (χ2v) is 7.93. The van der Waals surface area contributed by atoms with Crippen molar-refractivity contribution in [1.29, 1.82) is 0 Å². The minimum atomic E-state index is -4.01. The van der Waals surface area contributed by atoms with Gasteiger partial charge in [-0.15, -0.1) is 0 Å². The van der Waals surface area contributed by atoms with Crippen molar-refractivity contribution in [3.05, 3.63) is 11.4 Å². The number of H-pyrrole nitrogens is 1. The van der Waals surface area contributed by atoms with Gasteiger partial charge in [0.15, 0.2) is 5.69 Å².